The number of hydrogen-bond donors (Lipinski definition) is 1. The first-order valence-corrected chi connectivity index (χ1v) is 17.1. The third-order valence-electron chi connectivity index (χ3n) is 8.01. The van der Waals surface area contributed by atoms with Crippen LogP contribution in [0.4, 0.5) is 8.78 Å². The molecule has 0 bridgehead atoms. The van der Waals surface area contributed by atoms with Crippen molar-refractivity contribution in [2.75, 3.05) is 6.61 Å². The summed E-state index contributed by atoms with van der Waals surface area (Å²) in [4.78, 5) is -0.642. The molecule has 0 amide bonds. The van der Waals surface area contributed by atoms with E-state index in [0.29, 0.717) is 0 Å². The minimum Gasteiger partial charge on any atom is -0.405 e. The normalized spacial score (nSPS) is 26.2. The van der Waals surface area contributed by atoms with Gasteiger partial charge in [-0.15, -0.1) is 0 Å². The molecule has 0 radical (unpaired) electrons. The number of rotatable bonds is 8. The maximum Gasteiger partial charge on any atom is 0.383 e. The van der Waals surface area contributed by atoms with Crippen LogP contribution in [0.15, 0.2) is 95.9 Å². The lowest BCUT2D eigenvalue weighted by Gasteiger charge is -2.45. The van der Waals surface area contributed by atoms with Gasteiger partial charge in [0.1, 0.15) is 6.10 Å². The monoisotopic (exact) mass is 618 g/mol. The van der Waals surface area contributed by atoms with Gasteiger partial charge in [0, 0.05) is 0 Å². The second-order valence-corrected chi connectivity index (χ2v) is 18.5. The summed E-state index contributed by atoms with van der Waals surface area (Å²) in [5, 5.41) is 8.49. The average molecular weight is 619 g/mol. The van der Waals surface area contributed by atoms with Gasteiger partial charge in [-0.05, 0) is 41.4 Å². The van der Waals surface area contributed by atoms with Crippen molar-refractivity contribution in [1.29, 1.82) is 0 Å². The van der Waals surface area contributed by atoms with Crippen molar-refractivity contribution in [3.8, 4) is 0 Å². The highest BCUT2D eigenvalue weighted by molar-refractivity contribution is 7.92. The number of benzene rings is 3. The van der Waals surface area contributed by atoms with Crippen molar-refractivity contribution >= 4 is 28.5 Å². The fourth-order valence-corrected chi connectivity index (χ4v) is 12.1. The van der Waals surface area contributed by atoms with Gasteiger partial charge in [0.2, 0.25) is 15.4 Å². The quantitative estimate of drug-likeness (QED) is 0.378. The zero-order valence-electron chi connectivity index (χ0n) is 24.2. The molecule has 226 valence electrons. The number of hydrogen-bond acceptors (Lipinski definition) is 7. The second-order valence-electron chi connectivity index (χ2n) is 12.2. The number of sulfone groups is 1. The van der Waals surface area contributed by atoms with E-state index >= 15 is 8.78 Å². The van der Waals surface area contributed by atoms with Gasteiger partial charge in [0.15, 0.2) is 18.2 Å². The molecular formula is C31H36F2O7SSi. The summed E-state index contributed by atoms with van der Waals surface area (Å²) in [7, 11) is -8.70. The molecule has 7 nitrogen and oxygen atoms in total. The summed E-state index contributed by atoms with van der Waals surface area (Å²) in [6, 6.07) is 25.3. The van der Waals surface area contributed by atoms with E-state index in [0.717, 1.165) is 22.5 Å². The predicted molar refractivity (Wildman–Crippen MR) is 156 cm³/mol. The van der Waals surface area contributed by atoms with E-state index in [1.165, 1.54) is 32.0 Å². The molecule has 0 spiro atoms. The van der Waals surface area contributed by atoms with E-state index in [2.05, 4.69) is 0 Å². The van der Waals surface area contributed by atoms with Crippen molar-refractivity contribution in [3.05, 3.63) is 91.0 Å². The number of halogens is 2. The molecule has 2 saturated heterocycles. The van der Waals surface area contributed by atoms with Gasteiger partial charge in [-0.25, -0.2) is 8.42 Å². The molecule has 42 heavy (non-hydrogen) atoms. The Morgan fingerprint density at radius 3 is 1.81 bits per heavy atom. The van der Waals surface area contributed by atoms with Crippen LogP contribution in [0.5, 0.6) is 0 Å². The number of fused-ring (bicyclic) bond motifs is 1. The molecule has 2 aliphatic rings. The lowest BCUT2D eigenvalue weighted by Crippen LogP contribution is -2.69. The zero-order valence-corrected chi connectivity index (χ0v) is 26.0. The van der Waals surface area contributed by atoms with Crippen molar-refractivity contribution in [3.63, 3.8) is 0 Å². The van der Waals surface area contributed by atoms with Crippen LogP contribution in [0, 0.1) is 0 Å². The molecule has 0 saturated carbocycles. The number of aliphatic hydroxyl groups is 1. The molecule has 3 aromatic rings. The Morgan fingerprint density at radius 1 is 0.857 bits per heavy atom. The van der Waals surface area contributed by atoms with E-state index in [9.17, 15) is 13.5 Å². The fourth-order valence-electron chi connectivity index (χ4n) is 6.02. The Hall–Kier alpha value is -2.51. The standard InChI is InChI=1S/C31H36F2O7SSi/c1-28(2,3)42(23-17-11-7-12-18-23,24-19-13-8-14-20-24)37-21-25-30(34,26-27(38-25)40-29(4,5)39-26)31(32,33)41(35,36)22-15-9-6-10-16-22/h6-20,25-27,34H,21H2,1-5H3/t25-,26+,27-,30-/m1/s1. The third-order valence-corrected chi connectivity index (χ3v) is 14.9. The molecule has 2 heterocycles. The number of ether oxygens (including phenoxy) is 3. The van der Waals surface area contributed by atoms with Crippen LogP contribution >= 0.6 is 0 Å². The van der Waals surface area contributed by atoms with Crippen molar-refractivity contribution in [2.45, 2.75) is 79.7 Å². The predicted octanol–water partition coefficient (Wildman–Crippen LogP) is 4.24. The lowest BCUT2D eigenvalue weighted by molar-refractivity contribution is -0.258. The second kappa shape index (κ2) is 10.6. The summed E-state index contributed by atoms with van der Waals surface area (Å²) < 4.78 is 84.0. The fraction of sp³-hybridized carbons (Fsp3) is 0.419. The third kappa shape index (κ3) is 4.75. The maximum absolute atomic E-state index is 16.5. The highest BCUT2D eigenvalue weighted by Crippen LogP contribution is 2.53. The molecule has 2 fully saturated rings. The highest BCUT2D eigenvalue weighted by atomic mass is 32.2. The summed E-state index contributed by atoms with van der Waals surface area (Å²) in [6.45, 7) is 8.44. The van der Waals surface area contributed by atoms with E-state index < -0.39 is 69.8 Å². The highest BCUT2D eigenvalue weighted by Gasteiger charge is 2.77. The van der Waals surface area contributed by atoms with Gasteiger partial charge >= 0.3 is 5.25 Å². The largest absolute Gasteiger partial charge is 0.405 e. The molecule has 5 rings (SSSR count). The van der Waals surface area contributed by atoms with Crippen LogP contribution in [0.25, 0.3) is 0 Å². The summed E-state index contributed by atoms with van der Waals surface area (Å²) in [5.41, 5.74) is -3.36. The average Bonchev–Trinajstić information content (AvgIpc) is 3.40. The molecule has 4 atom stereocenters. The first kappa shape index (κ1) is 30.9. The first-order chi connectivity index (χ1) is 19.6. The van der Waals surface area contributed by atoms with Gasteiger partial charge in [0.05, 0.1) is 11.5 Å². The smallest absolute Gasteiger partial charge is 0.383 e. The summed E-state index contributed by atoms with van der Waals surface area (Å²) in [5.74, 6) is -1.40. The Balaban J connectivity index is 1.62. The van der Waals surface area contributed by atoms with E-state index in [4.69, 9.17) is 18.6 Å². The van der Waals surface area contributed by atoms with Crippen LogP contribution in [-0.4, -0.2) is 63.6 Å². The molecule has 2 aliphatic heterocycles. The van der Waals surface area contributed by atoms with Crippen LogP contribution in [0.1, 0.15) is 34.6 Å². The van der Waals surface area contributed by atoms with Crippen molar-refractivity contribution < 1.29 is 40.9 Å². The Morgan fingerprint density at radius 2 is 1.33 bits per heavy atom. The van der Waals surface area contributed by atoms with Crippen LogP contribution in [-0.2, 0) is 28.5 Å². The van der Waals surface area contributed by atoms with Gasteiger partial charge in [-0.1, -0.05) is 99.6 Å². The minimum absolute atomic E-state index is 0.518. The van der Waals surface area contributed by atoms with Gasteiger partial charge in [-0.3, -0.25) is 0 Å². The molecule has 0 unspecified atom stereocenters. The zero-order chi connectivity index (χ0) is 30.6. The Labute approximate surface area is 246 Å². The van der Waals surface area contributed by atoms with Crippen LogP contribution < -0.4 is 10.4 Å². The lowest BCUT2D eigenvalue weighted by atomic mass is 9.93. The minimum atomic E-state index is -5.42. The Bertz CT molecular complexity index is 1460. The van der Waals surface area contributed by atoms with Crippen LogP contribution in [0.3, 0.4) is 0 Å². The molecule has 1 N–H and O–H groups in total. The topological polar surface area (TPSA) is 91.3 Å². The SMILES string of the molecule is CC1(C)O[C@H]2O[C@H](CO[Si](c3ccccc3)(c3ccccc3)C(C)(C)C)[C@](O)(C(F)(F)S(=O)(=O)c3ccccc3)[C@H]2O1. The maximum atomic E-state index is 16.5. The molecule has 0 aliphatic carbocycles. The van der Waals surface area contributed by atoms with E-state index in [1.807, 2.05) is 81.4 Å². The van der Waals surface area contributed by atoms with E-state index in [1.54, 1.807) is 0 Å². The molecular weight excluding hydrogens is 582 g/mol. The molecule has 0 aromatic heterocycles. The molecule has 11 heteroatoms. The van der Waals surface area contributed by atoms with Crippen molar-refractivity contribution in [1.82, 2.24) is 0 Å². The van der Waals surface area contributed by atoms with Crippen molar-refractivity contribution in [2.24, 2.45) is 0 Å². The summed E-state index contributed by atoms with van der Waals surface area (Å²) in [6.07, 6.45) is -5.08. The molecule has 3 aromatic carbocycles. The Kier molecular flexibility index (Phi) is 7.79. The summed E-state index contributed by atoms with van der Waals surface area (Å²) >= 11 is 0. The van der Waals surface area contributed by atoms with Crippen LogP contribution in [0.2, 0.25) is 5.04 Å². The van der Waals surface area contributed by atoms with Gasteiger partial charge < -0.3 is 23.7 Å². The van der Waals surface area contributed by atoms with Gasteiger partial charge in [-0.2, -0.15) is 8.78 Å². The van der Waals surface area contributed by atoms with E-state index in [-0.39, 0.29) is 0 Å². The first-order valence-electron chi connectivity index (χ1n) is 13.7. The number of alkyl halides is 2. The van der Waals surface area contributed by atoms with Gasteiger partial charge in [0.25, 0.3) is 8.32 Å².